The molecule has 0 amide bonds. The lowest BCUT2D eigenvalue weighted by molar-refractivity contribution is -0.124. The molecule has 1 unspecified atom stereocenters. The van der Waals surface area contributed by atoms with E-state index in [1.54, 1.807) is 6.92 Å². The minimum absolute atomic E-state index is 0.319. The third-order valence-corrected chi connectivity index (χ3v) is 5.85. The van der Waals surface area contributed by atoms with Crippen LogP contribution in [-0.2, 0) is 4.79 Å². The normalized spacial score (nSPS) is 51.1. The predicted molar refractivity (Wildman–Crippen MR) is 63.9 cm³/mol. The molecule has 0 saturated heterocycles. The molecular formula is C14H23NO. The number of nitrogens with two attached hydrogens (primary N) is 1. The lowest BCUT2D eigenvalue weighted by Gasteiger charge is -2.47. The van der Waals surface area contributed by atoms with Gasteiger partial charge in [0.1, 0.15) is 5.78 Å². The first-order chi connectivity index (χ1) is 7.63. The fourth-order valence-corrected chi connectivity index (χ4v) is 4.97. The molecule has 3 rings (SSSR count). The Kier molecular flexibility index (Phi) is 2.39. The van der Waals surface area contributed by atoms with Gasteiger partial charge in [0, 0.05) is 12.0 Å². The van der Waals surface area contributed by atoms with Crippen LogP contribution in [0.3, 0.4) is 0 Å². The van der Waals surface area contributed by atoms with Crippen molar-refractivity contribution >= 4 is 5.78 Å². The molecule has 0 radical (unpaired) electrons. The molecule has 2 bridgehead atoms. The van der Waals surface area contributed by atoms with Crippen molar-refractivity contribution in [1.82, 2.24) is 0 Å². The van der Waals surface area contributed by atoms with E-state index < -0.39 is 0 Å². The summed E-state index contributed by atoms with van der Waals surface area (Å²) in [7, 11) is 0. The summed E-state index contributed by atoms with van der Waals surface area (Å²) in [6, 6.07) is 0.397. The van der Waals surface area contributed by atoms with Gasteiger partial charge in [-0.05, 0) is 62.7 Å². The monoisotopic (exact) mass is 221 g/mol. The number of ketones is 1. The van der Waals surface area contributed by atoms with Crippen molar-refractivity contribution in [3.05, 3.63) is 0 Å². The van der Waals surface area contributed by atoms with Crippen molar-refractivity contribution in [2.75, 3.05) is 0 Å². The minimum atomic E-state index is 0.319. The smallest absolute Gasteiger partial charge is 0.132 e. The Morgan fingerprint density at radius 1 is 1.31 bits per heavy atom. The van der Waals surface area contributed by atoms with Gasteiger partial charge in [-0.25, -0.2) is 0 Å². The largest absolute Gasteiger partial charge is 0.327 e. The third kappa shape index (κ3) is 1.32. The second-order valence-electron chi connectivity index (χ2n) is 6.43. The number of hydrogen-bond donors (Lipinski definition) is 1. The van der Waals surface area contributed by atoms with Gasteiger partial charge in [-0.2, -0.15) is 0 Å². The predicted octanol–water partition coefficient (Wildman–Crippen LogP) is 2.51. The van der Waals surface area contributed by atoms with E-state index in [2.05, 4.69) is 0 Å². The topological polar surface area (TPSA) is 43.1 Å². The highest BCUT2D eigenvalue weighted by Crippen LogP contribution is 2.61. The molecule has 0 aromatic carbocycles. The Labute approximate surface area is 98.0 Å². The summed E-state index contributed by atoms with van der Waals surface area (Å²) in [5.74, 6) is 2.33. The first kappa shape index (κ1) is 10.8. The maximum absolute atomic E-state index is 11.6. The average Bonchev–Trinajstić information content (AvgIpc) is 2.84. The summed E-state index contributed by atoms with van der Waals surface area (Å²) in [4.78, 5) is 11.6. The van der Waals surface area contributed by atoms with Gasteiger partial charge in [0.25, 0.3) is 0 Å². The maximum Gasteiger partial charge on any atom is 0.132 e. The number of carbonyl (C=O) groups is 1. The van der Waals surface area contributed by atoms with Crippen LogP contribution < -0.4 is 5.73 Å². The van der Waals surface area contributed by atoms with Crippen LogP contribution in [0, 0.1) is 23.2 Å². The van der Waals surface area contributed by atoms with Crippen LogP contribution >= 0.6 is 0 Å². The van der Waals surface area contributed by atoms with Gasteiger partial charge >= 0.3 is 0 Å². The molecule has 3 saturated carbocycles. The Morgan fingerprint density at radius 2 is 2.12 bits per heavy atom. The van der Waals surface area contributed by atoms with E-state index in [0.717, 1.165) is 24.7 Å². The summed E-state index contributed by atoms with van der Waals surface area (Å²) in [6.45, 7) is 1.77. The zero-order valence-corrected chi connectivity index (χ0v) is 10.2. The summed E-state index contributed by atoms with van der Waals surface area (Å²) in [6.07, 6.45) is 8.80. The molecule has 16 heavy (non-hydrogen) atoms. The van der Waals surface area contributed by atoms with Gasteiger partial charge in [-0.3, -0.25) is 4.79 Å². The van der Waals surface area contributed by atoms with Crippen LogP contribution in [0.2, 0.25) is 0 Å². The lowest BCUT2D eigenvalue weighted by atomic mass is 9.59. The highest BCUT2D eigenvalue weighted by molar-refractivity contribution is 5.78. The van der Waals surface area contributed by atoms with Crippen LogP contribution in [0.25, 0.3) is 0 Å². The van der Waals surface area contributed by atoms with E-state index in [4.69, 9.17) is 5.73 Å². The average molecular weight is 221 g/mol. The molecule has 90 valence electrons. The van der Waals surface area contributed by atoms with Crippen LogP contribution in [0.4, 0.5) is 0 Å². The second kappa shape index (κ2) is 3.56. The van der Waals surface area contributed by atoms with Crippen molar-refractivity contribution in [3.8, 4) is 0 Å². The van der Waals surface area contributed by atoms with E-state index in [-0.39, 0.29) is 0 Å². The van der Waals surface area contributed by atoms with Crippen LogP contribution in [-0.4, -0.2) is 11.8 Å². The molecule has 5 atom stereocenters. The summed E-state index contributed by atoms with van der Waals surface area (Å²) in [5.41, 5.74) is 6.84. The third-order valence-electron chi connectivity index (χ3n) is 5.85. The standard InChI is InChI=1S/C14H23NO/c1-9(16)11-3-2-6-14(8-11)12-5-4-10(7-12)13(14)15/h10-13H,2-8,15H2,1H3/t10?,11-,12-,13-,14+/m0/s1. The van der Waals surface area contributed by atoms with E-state index in [1.165, 1.54) is 32.1 Å². The number of rotatable bonds is 1. The SMILES string of the molecule is CC(=O)[C@H]1CCC[C@@]2(C1)[C@H]1CCC(C1)[C@@H]2N. The molecule has 3 aliphatic carbocycles. The molecule has 2 heteroatoms. The molecule has 3 aliphatic rings. The van der Waals surface area contributed by atoms with Gasteiger partial charge < -0.3 is 5.73 Å². The molecular weight excluding hydrogens is 198 g/mol. The van der Waals surface area contributed by atoms with Crippen molar-refractivity contribution in [3.63, 3.8) is 0 Å². The summed E-state index contributed by atoms with van der Waals surface area (Å²) >= 11 is 0. The van der Waals surface area contributed by atoms with Crippen molar-refractivity contribution < 1.29 is 4.79 Å². The molecule has 0 aliphatic heterocycles. The van der Waals surface area contributed by atoms with Gasteiger partial charge in [0.05, 0.1) is 0 Å². The Balaban J connectivity index is 1.85. The van der Waals surface area contributed by atoms with Crippen LogP contribution in [0.1, 0.15) is 51.9 Å². The van der Waals surface area contributed by atoms with Gasteiger partial charge in [0.15, 0.2) is 0 Å². The van der Waals surface area contributed by atoms with Crippen molar-refractivity contribution in [1.29, 1.82) is 0 Å². The lowest BCUT2D eigenvalue weighted by Crippen LogP contribution is -2.49. The zero-order chi connectivity index (χ0) is 11.3. The van der Waals surface area contributed by atoms with Gasteiger partial charge in [-0.1, -0.05) is 6.42 Å². The molecule has 3 fully saturated rings. The molecule has 2 nitrogen and oxygen atoms in total. The fraction of sp³-hybridized carbons (Fsp3) is 0.929. The highest BCUT2D eigenvalue weighted by Gasteiger charge is 2.57. The van der Waals surface area contributed by atoms with E-state index >= 15 is 0 Å². The molecule has 0 heterocycles. The highest BCUT2D eigenvalue weighted by atomic mass is 16.1. The second-order valence-corrected chi connectivity index (χ2v) is 6.43. The Bertz CT molecular complexity index is 310. The number of fused-ring (bicyclic) bond motifs is 3. The summed E-state index contributed by atoms with van der Waals surface area (Å²) in [5, 5.41) is 0. The molecule has 1 spiro atoms. The van der Waals surface area contributed by atoms with Crippen molar-refractivity contribution in [2.24, 2.45) is 28.9 Å². The Hall–Kier alpha value is -0.370. The quantitative estimate of drug-likeness (QED) is 0.739. The maximum atomic E-state index is 11.6. The van der Waals surface area contributed by atoms with Crippen molar-refractivity contribution in [2.45, 2.75) is 57.9 Å². The molecule has 0 aromatic heterocycles. The number of Topliss-reactive ketones (excluding diaryl/α,β-unsaturated/α-hetero) is 1. The zero-order valence-electron chi connectivity index (χ0n) is 10.2. The molecule has 2 N–H and O–H groups in total. The van der Waals surface area contributed by atoms with Gasteiger partial charge in [0.2, 0.25) is 0 Å². The fourth-order valence-electron chi connectivity index (χ4n) is 4.97. The van der Waals surface area contributed by atoms with Crippen LogP contribution in [0.5, 0.6) is 0 Å². The Morgan fingerprint density at radius 3 is 2.75 bits per heavy atom. The summed E-state index contributed by atoms with van der Waals surface area (Å²) < 4.78 is 0. The number of carbonyl (C=O) groups excluding carboxylic acids is 1. The first-order valence-corrected chi connectivity index (χ1v) is 6.89. The van der Waals surface area contributed by atoms with E-state index in [0.29, 0.717) is 23.2 Å². The van der Waals surface area contributed by atoms with Gasteiger partial charge in [-0.15, -0.1) is 0 Å². The van der Waals surface area contributed by atoms with E-state index in [1.807, 2.05) is 0 Å². The van der Waals surface area contributed by atoms with Crippen LogP contribution in [0.15, 0.2) is 0 Å². The van der Waals surface area contributed by atoms with E-state index in [9.17, 15) is 4.79 Å². The number of hydrogen-bond acceptors (Lipinski definition) is 2. The molecule has 0 aromatic rings. The first-order valence-electron chi connectivity index (χ1n) is 6.89. The minimum Gasteiger partial charge on any atom is -0.327 e.